The molecular weight excluding hydrogens is 218 g/mol. The highest BCUT2D eigenvalue weighted by Crippen LogP contribution is 2.13. The third-order valence-electron chi connectivity index (χ3n) is 3.17. The molecule has 17 heavy (non-hydrogen) atoms. The van der Waals surface area contributed by atoms with E-state index < -0.39 is 6.43 Å². The molecule has 0 nitrogen and oxygen atoms in total. The quantitative estimate of drug-likeness (QED) is 0.342. The van der Waals surface area contributed by atoms with E-state index in [2.05, 4.69) is 6.92 Å². The largest absolute Gasteiger partial charge is 0.238 e. The minimum Gasteiger partial charge on any atom is -0.211 e. The molecule has 103 valence electrons. The van der Waals surface area contributed by atoms with E-state index in [0.29, 0.717) is 6.42 Å². The lowest BCUT2D eigenvalue weighted by Crippen LogP contribution is -1.89. The molecule has 0 aromatic carbocycles. The van der Waals surface area contributed by atoms with Gasteiger partial charge in [0.2, 0.25) is 6.43 Å². The number of halogens is 2. The van der Waals surface area contributed by atoms with Crippen LogP contribution in [0.4, 0.5) is 8.78 Å². The van der Waals surface area contributed by atoms with Crippen LogP contribution in [0.3, 0.4) is 0 Å². The van der Waals surface area contributed by atoms with E-state index >= 15 is 0 Å². The van der Waals surface area contributed by atoms with Gasteiger partial charge in [0.15, 0.2) is 0 Å². The first-order valence-corrected chi connectivity index (χ1v) is 7.34. The number of hydrogen-bond donors (Lipinski definition) is 0. The Hall–Kier alpha value is -0.140. The van der Waals surface area contributed by atoms with Crippen LogP contribution in [0.25, 0.3) is 0 Å². The molecule has 0 aliphatic rings. The van der Waals surface area contributed by atoms with E-state index in [0.717, 1.165) is 19.3 Å². The molecule has 0 heterocycles. The zero-order valence-electron chi connectivity index (χ0n) is 11.2. The Labute approximate surface area is 106 Å². The molecule has 2 heteroatoms. The highest BCUT2D eigenvalue weighted by molar-refractivity contribution is 4.50. The fourth-order valence-electron chi connectivity index (χ4n) is 2.07. The van der Waals surface area contributed by atoms with Crippen LogP contribution in [0.15, 0.2) is 0 Å². The van der Waals surface area contributed by atoms with E-state index in [1.165, 1.54) is 51.4 Å². The van der Waals surface area contributed by atoms with Crippen molar-refractivity contribution >= 4 is 0 Å². The zero-order chi connectivity index (χ0) is 12.8. The van der Waals surface area contributed by atoms with Gasteiger partial charge >= 0.3 is 0 Å². The first kappa shape index (κ1) is 16.9. The molecule has 1 radical (unpaired) electrons. The van der Waals surface area contributed by atoms with Crippen LogP contribution in [0.2, 0.25) is 0 Å². The van der Waals surface area contributed by atoms with Gasteiger partial charge < -0.3 is 0 Å². The summed E-state index contributed by atoms with van der Waals surface area (Å²) in [5.41, 5.74) is 0. The second-order valence-electron chi connectivity index (χ2n) is 4.92. The van der Waals surface area contributed by atoms with Crippen molar-refractivity contribution in [1.29, 1.82) is 0 Å². The average molecular weight is 247 g/mol. The van der Waals surface area contributed by atoms with Crippen molar-refractivity contribution in [2.75, 3.05) is 0 Å². The average Bonchev–Trinajstić information content (AvgIpc) is 2.30. The van der Waals surface area contributed by atoms with Gasteiger partial charge in [-0.3, -0.25) is 0 Å². The van der Waals surface area contributed by atoms with Crippen molar-refractivity contribution in [1.82, 2.24) is 0 Å². The van der Waals surface area contributed by atoms with Gasteiger partial charge in [-0.05, 0) is 6.42 Å². The number of unbranched alkanes of at least 4 members (excludes halogenated alkanes) is 11. The first-order chi connectivity index (χ1) is 8.27. The van der Waals surface area contributed by atoms with Crippen LogP contribution in [0.1, 0.15) is 83.5 Å². The van der Waals surface area contributed by atoms with Crippen LogP contribution in [0, 0.1) is 6.92 Å². The summed E-state index contributed by atoms with van der Waals surface area (Å²) in [7, 11) is 0. The highest BCUT2D eigenvalue weighted by atomic mass is 19.3. The first-order valence-electron chi connectivity index (χ1n) is 7.34. The van der Waals surface area contributed by atoms with Gasteiger partial charge in [-0.1, -0.05) is 77.6 Å². The van der Waals surface area contributed by atoms with E-state index in [1.807, 2.05) is 0 Å². The minimum absolute atomic E-state index is 0.0896. The predicted octanol–water partition coefficient (Wildman–Crippen LogP) is 6.16. The Morgan fingerprint density at radius 3 is 1.29 bits per heavy atom. The van der Waals surface area contributed by atoms with Gasteiger partial charge in [0.05, 0.1) is 0 Å². The van der Waals surface area contributed by atoms with Crippen molar-refractivity contribution in [3.05, 3.63) is 6.92 Å². The van der Waals surface area contributed by atoms with Gasteiger partial charge in [-0.25, -0.2) is 8.78 Å². The van der Waals surface area contributed by atoms with E-state index in [-0.39, 0.29) is 6.42 Å². The lowest BCUT2D eigenvalue weighted by Gasteiger charge is -2.02. The Balaban J connectivity index is 2.89. The van der Waals surface area contributed by atoms with Gasteiger partial charge in [0, 0.05) is 6.42 Å². The second-order valence-corrected chi connectivity index (χ2v) is 4.92. The molecule has 0 N–H and O–H groups in total. The summed E-state index contributed by atoms with van der Waals surface area (Å²) < 4.78 is 23.7. The van der Waals surface area contributed by atoms with Gasteiger partial charge in [0.25, 0.3) is 0 Å². The molecule has 0 spiro atoms. The lowest BCUT2D eigenvalue weighted by atomic mass is 10.0. The van der Waals surface area contributed by atoms with Crippen molar-refractivity contribution in [2.24, 2.45) is 0 Å². The Bertz CT molecular complexity index is 135. The molecule has 0 aromatic rings. The lowest BCUT2D eigenvalue weighted by molar-refractivity contribution is 0.133. The summed E-state index contributed by atoms with van der Waals surface area (Å²) in [5, 5.41) is 0. The molecule has 0 amide bonds. The van der Waals surface area contributed by atoms with Gasteiger partial charge in [0.1, 0.15) is 0 Å². The van der Waals surface area contributed by atoms with Crippen LogP contribution < -0.4 is 0 Å². The summed E-state index contributed by atoms with van der Waals surface area (Å²) in [6, 6.07) is 0. The smallest absolute Gasteiger partial charge is 0.211 e. The van der Waals surface area contributed by atoms with Crippen LogP contribution in [-0.4, -0.2) is 6.43 Å². The Morgan fingerprint density at radius 1 is 0.588 bits per heavy atom. The third kappa shape index (κ3) is 15.9. The van der Waals surface area contributed by atoms with E-state index in [1.54, 1.807) is 0 Å². The topological polar surface area (TPSA) is 0 Å². The molecule has 0 rings (SSSR count). The van der Waals surface area contributed by atoms with Crippen LogP contribution in [-0.2, 0) is 0 Å². The normalized spacial score (nSPS) is 11.3. The Kier molecular flexibility index (Phi) is 13.8. The number of rotatable bonds is 13. The van der Waals surface area contributed by atoms with Gasteiger partial charge in [-0.2, -0.15) is 0 Å². The van der Waals surface area contributed by atoms with E-state index in [9.17, 15) is 8.78 Å². The standard InChI is InChI=1S/C15H29F2/c1-2-3-4-5-6-7-8-9-10-11-12-13-14-15(16)17/h15H,1-14H2. The van der Waals surface area contributed by atoms with Gasteiger partial charge in [-0.15, -0.1) is 0 Å². The SMILES string of the molecule is [CH2]CCCCCCCCCCCCCC(F)F. The predicted molar refractivity (Wildman–Crippen MR) is 71.4 cm³/mol. The Morgan fingerprint density at radius 2 is 0.941 bits per heavy atom. The molecule has 0 saturated heterocycles. The molecule has 0 atom stereocenters. The highest BCUT2D eigenvalue weighted by Gasteiger charge is 2.00. The van der Waals surface area contributed by atoms with Crippen LogP contribution in [0.5, 0.6) is 0 Å². The van der Waals surface area contributed by atoms with Crippen molar-refractivity contribution in [3.63, 3.8) is 0 Å². The summed E-state index contributed by atoms with van der Waals surface area (Å²) in [6.45, 7) is 3.83. The molecule has 0 aromatic heterocycles. The maximum Gasteiger partial charge on any atom is 0.238 e. The molecule has 0 aliphatic carbocycles. The number of alkyl halides is 2. The fourth-order valence-corrected chi connectivity index (χ4v) is 2.07. The van der Waals surface area contributed by atoms with Crippen LogP contribution >= 0.6 is 0 Å². The maximum absolute atomic E-state index is 11.8. The molecule has 0 aliphatic heterocycles. The molecular formula is C15H29F2. The van der Waals surface area contributed by atoms with Crippen molar-refractivity contribution in [2.45, 2.75) is 89.9 Å². The van der Waals surface area contributed by atoms with Crippen molar-refractivity contribution in [3.8, 4) is 0 Å². The summed E-state index contributed by atoms with van der Waals surface area (Å²) in [5.74, 6) is 0. The third-order valence-corrected chi connectivity index (χ3v) is 3.17. The molecule has 0 unspecified atom stereocenters. The zero-order valence-corrected chi connectivity index (χ0v) is 11.2. The molecule has 0 bridgehead atoms. The summed E-state index contributed by atoms with van der Waals surface area (Å²) in [4.78, 5) is 0. The monoisotopic (exact) mass is 247 g/mol. The maximum atomic E-state index is 11.8. The van der Waals surface area contributed by atoms with E-state index in [4.69, 9.17) is 0 Å². The summed E-state index contributed by atoms with van der Waals surface area (Å²) >= 11 is 0. The minimum atomic E-state index is -2.10. The summed E-state index contributed by atoms with van der Waals surface area (Å²) in [6.07, 6.45) is 12.3. The number of hydrogen-bond acceptors (Lipinski definition) is 0. The molecule has 0 fully saturated rings. The van der Waals surface area contributed by atoms with Crippen molar-refractivity contribution < 1.29 is 8.78 Å². The molecule has 0 saturated carbocycles. The second kappa shape index (κ2) is 13.9. The fraction of sp³-hybridized carbons (Fsp3) is 0.933.